The molecular formula is C21H21N3O. The number of fused-ring (bicyclic) bond motifs is 1. The van der Waals surface area contributed by atoms with E-state index in [2.05, 4.69) is 34.2 Å². The lowest BCUT2D eigenvalue weighted by atomic mass is 9.89. The molecule has 1 atom stereocenters. The fraction of sp³-hybridized carbons (Fsp3) is 0.286. The number of nitrogens with zero attached hydrogens (tertiary/aromatic N) is 3. The van der Waals surface area contributed by atoms with Crippen molar-refractivity contribution in [3.8, 4) is 0 Å². The van der Waals surface area contributed by atoms with Crippen LogP contribution >= 0.6 is 0 Å². The van der Waals surface area contributed by atoms with E-state index in [1.807, 2.05) is 17.2 Å². The number of hydrogen-bond donors (Lipinski definition) is 0. The van der Waals surface area contributed by atoms with Crippen molar-refractivity contribution in [2.75, 3.05) is 13.1 Å². The van der Waals surface area contributed by atoms with Crippen LogP contribution < -0.4 is 0 Å². The Morgan fingerprint density at radius 2 is 1.96 bits per heavy atom. The summed E-state index contributed by atoms with van der Waals surface area (Å²) in [7, 11) is 0. The summed E-state index contributed by atoms with van der Waals surface area (Å²) in [5.41, 5.74) is 3.10. The molecule has 4 heteroatoms. The Morgan fingerprint density at radius 3 is 2.84 bits per heavy atom. The van der Waals surface area contributed by atoms with Crippen LogP contribution in [0, 0.1) is 5.92 Å². The van der Waals surface area contributed by atoms with E-state index >= 15 is 0 Å². The third-order valence-electron chi connectivity index (χ3n) is 4.98. The maximum Gasteiger partial charge on any atom is 0.253 e. The van der Waals surface area contributed by atoms with Crippen molar-refractivity contribution in [2.24, 2.45) is 5.92 Å². The standard InChI is InChI=1S/C21H21N3O/c25-21(17-8-11-22-12-9-17)24-13-3-4-16(15-24)14-18-5-1-7-20-19(18)6-2-10-23-20/h1-2,5-12,16H,3-4,13-15H2/t16-/m1/s1. The van der Waals surface area contributed by atoms with E-state index in [4.69, 9.17) is 0 Å². The van der Waals surface area contributed by atoms with Crippen molar-refractivity contribution < 1.29 is 4.79 Å². The van der Waals surface area contributed by atoms with Gasteiger partial charge in [0.1, 0.15) is 0 Å². The molecule has 1 amide bonds. The minimum atomic E-state index is 0.117. The molecule has 3 aromatic rings. The van der Waals surface area contributed by atoms with Gasteiger partial charge in [0.2, 0.25) is 0 Å². The van der Waals surface area contributed by atoms with Gasteiger partial charge in [-0.3, -0.25) is 14.8 Å². The van der Waals surface area contributed by atoms with Crippen molar-refractivity contribution in [1.82, 2.24) is 14.9 Å². The van der Waals surface area contributed by atoms with Crippen LogP contribution in [0.15, 0.2) is 61.1 Å². The summed E-state index contributed by atoms with van der Waals surface area (Å²) >= 11 is 0. The van der Waals surface area contributed by atoms with E-state index in [0.717, 1.165) is 43.4 Å². The van der Waals surface area contributed by atoms with Crippen LogP contribution in [0.5, 0.6) is 0 Å². The van der Waals surface area contributed by atoms with Crippen molar-refractivity contribution in [1.29, 1.82) is 0 Å². The molecule has 1 fully saturated rings. The fourth-order valence-electron chi connectivity index (χ4n) is 3.75. The van der Waals surface area contributed by atoms with Crippen molar-refractivity contribution >= 4 is 16.8 Å². The van der Waals surface area contributed by atoms with Gasteiger partial charge < -0.3 is 4.90 Å². The van der Waals surface area contributed by atoms with Gasteiger partial charge in [0.05, 0.1) is 5.52 Å². The van der Waals surface area contributed by atoms with Crippen LogP contribution in [0.25, 0.3) is 10.9 Å². The summed E-state index contributed by atoms with van der Waals surface area (Å²) in [4.78, 5) is 23.1. The molecule has 3 heterocycles. The normalized spacial score (nSPS) is 17.6. The number of amides is 1. The average Bonchev–Trinajstić information content (AvgIpc) is 2.69. The number of piperidine rings is 1. The van der Waals surface area contributed by atoms with E-state index in [-0.39, 0.29) is 5.91 Å². The highest BCUT2D eigenvalue weighted by molar-refractivity contribution is 5.94. The molecule has 4 nitrogen and oxygen atoms in total. The summed E-state index contributed by atoms with van der Waals surface area (Å²) < 4.78 is 0. The molecule has 1 saturated heterocycles. The van der Waals surface area contributed by atoms with Crippen LogP contribution in [0.4, 0.5) is 0 Å². The van der Waals surface area contributed by atoms with Gasteiger partial charge in [0.15, 0.2) is 0 Å². The number of rotatable bonds is 3. The van der Waals surface area contributed by atoms with E-state index < -0.39 is 0 Å². The lowest BCUT2D eigenvalue weighted by Crippen LogP contribution is -2.40. The summed E-state index contributed by atoms with van der Waals surface area (Å²) in [5.74, 6) is 0.608. The molecular weight excluding hydrogens is 310 g/mol. The molecule has 0 saturated carbocycles. The van der Waals surface area contributed by atoms with Crippen LogP contribution in [0.1, 0.15) is 28.8 Å². The number of pyridine rings is 2. The first-order chi connectivity index (χ1) is 12.3. The second-order valence-electron chi connectivity index (χ2n) is 6.69. The second-order valence-corrected chi connectivity index (χ2v) is 6.69. The largest absolute Gasteiger partial charge is 0.338 e. The smallest absolute Gasteiger partial charge is 0.253 e. The highest BCUT2D eigenvalue weighted by Crippen LogP contribution is 2.25. The Balaban J connectivity index is 1.51. The Morgan fingerprint density at radius 1 is 1.08 bits per heavy atom. The molecule has 1 aliphatic rings. The van der Waals surface area contributed by atoms with Gasteiger partial charge >= 0.3 is 0 Å². The third-order valence-corrected chi connectivity index (χ3v) is 4.98. The zero-order chi connectivity index (χ0) is 17.1. The molecule has 126 valence electrons. The van der Waals surface area contributed by atoms with Crippen molar-refractivity contribution in [2.45, 2.75) is 19.3 Å². The van der Waals surface area contributed by atoms with E-state index in [1.165, 1.54) is 10.9 Å². The molecule has 1 aliphatic heterocycles. The van der Waals surface area contributed by atoms with E-state index in [1.54, 1.807) is 24.5 Å². The second kappa shape index (κ2) is 7.01. The van der Waals surface area contributed by atoms with Crippen LogP contribution in [0.2, 0.25) is 0 Å². The minimum absolute atomic E-state index is 0.117. The zero-order valence-corrected chi connectivity index (χ0v) is 14.1. The summed E-state index contributed by atoms with van der Waals surface area (Å²) in [6.07, 6.45) is 8.40. The highest BCUT2D eigenvalue weighted by Gasteiger charge is 2.25. The first-order valence-corrected chi connectivity index (χ1v) is 8.83. The Kier molecular flexibility index (Phi) is 4.42. The van der Waals surface area contributed by atoms with Crippen LogP contribution in [-0.4, -0.2) is 33.9 Å². The number of likely N-dealkylation sites (tertiary alicyclic amines) is 1. The van der Waals surface area contributed by atoms with Crippen molar-refractivity contribution in [3.63, 3.8) is 0 Å². The average molecular weight is 331 g/mol. The predicted octanol–water partition coefficient (Wildman–Crippen LogP) is 3.72. The number of aromatic nitrogens is 2. The maximum atomic E-state index is 12.7. The van der Waals surface area contributed by atoms with Crippen LogP contribution in [-0.2, 0) is 6.42 Å². The van der Waals surface area contributed by atoms with Gasteiger partial charge in [-0.05, 0) is 55.0 Å². The maximum absolute atomic E-state index is 12.7. The summed E-state index contributed by atoms with van der Waals surface area (Å²) in [6, 6.07) is 14.0. The van der Waals surface area contributed by atoms with Gasteiger partial charge in [-0.25, -0.2) is 0 Å². The molecule has 1 aromatic carbocycles. The Bertz CT molecular complexity index is 873. The molecule has 0 aliphatic carbocycles. The fourth-order valence-corrected chi connectivity index (χ4v) is 3.75. The minimum Gasteiger partial charge on any atom is -0.338 e. The summed E-state index contributed by atoms with van der Waals surface area (Å²) in [5, 5.41) is 1.22. The molecule has 0 N–H and O–H groups in total. The molecule has 0 unspecified atom stereocenters. The zero-order valence-electron chi connectivity index (χ0n) is 14.1. The number of hydrogen-bond acceptors (Lipinski definition) is 3. The lowest BCUT2D eigenvalue weighted by molar-refractivity contribution is 0.0673. The first kappa shape index (κ1) is 15.8. The van der Waals surface area contributed by atoms with Gasteiger partial charge in [-0.1, -0.05) is 18.2 Å². The third kappa shape index (κ3) is 3.38. The molecule has 2 aromatic heterocycles. The SMILES string of the molecule is O=C(c1ccncc1)N1CCC[C@H](Cc2cccc3ncccc23)C1. The summed E-state index contributed by atoms with van der Waals surface area (Å²) in [6.45, 7) is 1.66. The van der Waals surface area contributed by atoms with Crippen molar-refractivity contribution in [3.05, 3.63) is 72.2 Å². The molecule has 0 radical (unpaired) electrons. The first-order valence-electron chi connectivity index (χ1n) is 8.83. The predicted molar refractivity (Wildman–Crippen MR) is 98.3 cm³/mol. The molecule has 25 heavy (non-hydrogen) atoms. The quantitative estimate of drug-likeness (QED) is 0.735. The van der Waals surface area contributed by atoms with Gasteiger partial charge in [-0.2, -0.15) is 0 Å². The molecule has 0 bridgehead atoms. The lowest BCUT2D eigenvalue weighted by Gasteiger charge is -2.33. The van der Waals surface area contributed by atoms with E-state index in [9.17, 15) is 4.79 Å². The Hall–Kier alpha value is -2.75. The van der Waals surface area contributed by atoms with E-state index in [0.29, 0.717) is 5.92 Å². The molecule has 0 spiro atoms. The number of carbonyl (C=O) groups excluding carboxylic acids is 1. The molecule has 4 rings (SSSR count). The number of benzene rings is 1. The highest BCUT2D eigenvalue weighted by atomic mass is 16.2. The Labute approximate surface area is 147 Å². The van der Waals surface area contributed by atoms with Gasteiger partial charge in [-0.15, -0.1) is 0 Å². The topological polar surface area (TPSA) is 46.1 Å². The number of carbonyl (C=O) groups is 1. The monoisotopic (exact) mass is 331 g/mol. The van der Waals surface area contributed by atoms with Crippen LogP contribution in [0.3, 0.4) is 0 Å². The van der Waals surface area contributed by atoms with Gasteiger partial charge in [0.25, 0.3) is 5.91 Å². The van der Waals surface area contributed by atoms with Gasteiger partial charge in [0, 0.05) is 42.6 Å².